The number of pyridine rings is 1. The second kappa shape index (κ2) is 10.9. The molecule has 2 aromatic carbocycles. The first-order valence-electron chi connectivity index (χ1n) is 9.39. The Hall–Kier alpha value is -3.00. The highest BCUT2D eigenvalue weighted by Crippen LogP contribution is 2.34. The van der Waals surface area contributed by atoms with Crippen LogP contribution in [0.3, 0.4) is 0 Å². The summed E-state index contributed by atoms with van der Waals surface area (Å²) in [6.07, 6.45) is 2.44. The summed E-state index contributed by atoms with van der Waals surface area (Å²) in [7, 11) is 7.80. The number of halogens is 1. The van der Waals surface area contributed by atoms with Gasteiger partial charge in [-0.25, -0.2) is 4.79 Å². The average Bonchev–Trinajstić information content (AvgIpc) is 2.79. The summed E-state index contributed by atoms with van der Waals surface area (Å²) in [6.45, 7) is 0.101. The van der Waals surface area contributed by atoms with Gasteiger partial charge in [-0.2, -0.15) is 4.57 Å². The van der Waals surface area contributed by atoms with Crippen LogP contribution >= 0.6 is 0 Å². The first-order chi connectivity index (χ1) is 14.5. The number of methoxy groups -OCH3 is 5. The second-order valence-electron chi connectivity index (χ2n) is 6.63. The summed E-state index contributed by atoms with van der Waals surface area (Å²) >= 11 is 0. The minimum absolute atomic E-state index is 0. The third kappa shape index (κ3) is 5.19. The van der Waals surface area contributed by atoms with Crippen LogP contribution in [0, 0.1) is 0 Å². The molecule has 31 heavy (non-hydrogen) atoms. The zero-order chi connectivity index (χ0) is 21.7. The van der Waals surface area contributed by atoms with Gasteiger partial charge in [0, 0.05) is 6.07 Å². The first-order valence-corrected chi connectivity index (χ1v) is 9.39. The minimum Gasteiger partial charge on any atom is -1.00 e. The van der Waals surface area contributed by atoms with E-state index >= 15 is 0 Å². The number of nitrogens with zero attached hydrogens (tertiary/aromatic N) is 1. The van der Waals surface area contributed by atoms with Crippen molar-refractivity contribution in [1.82, 2.24) is 0 Å². The molecule has 7 nitrogen and oxygen atoms in total. The lowest BCUT2D eigenvalue weighted by Gasteiger charge is -2.13. The molecular weight excluding hydrogens is 466 g/mol. The molecule has 0 aliphatic heterocycles. The maximum Gasteiger partial charge on any atom is 0.372 e. The highest BCUT2D eigenvalue weighted by atomic mass is 79.9. The van der Waals surface area contributed by atoms with Gasteiger partial charge in [-0.05, 0) is 35.2 Å². The van der Waals surface area contributed by atoms with Gasteiger partial charge in [0.15, 0.2) is 34.9 Å². The molecule has 1 heterocycles. The number of hydrogen-bond donors (Lipinski definition) is 0. The van der Waals surface area contributed by atoms with Gasteiger partial charge in [0.2, 0.25) is 6.54 Å². The van der Waals surface area contributed by atoms with E-state index in [1.807, 2.05) is 47.2 Å². The van der Waals surface area contributed by atoms with Gasteiger partial charge in [0.1, 0.15) is 0 Å². The number of ether oxygens (including phenoxy) is 5. The van der Waals surface area contributed by atoms with Crippen LogP contribution in [0.2, 0.25) is 0 Å². The molecule has 0 aliphatic rings. The molecule has 0 saturated heterocycles. The summed E-state index contributed by atoms with van der Waals surface area (Å²) < 4.78 is 28.5. The molecule has 3 rings (SSSR count). The third-order valence-electron chi connectivity index (χ3n) is 4.99. The summed E-state index contributed by atoms with van der Waals surface area (Å²) in [4.78, 5) is 12.0. The number of fused-ring (bicyclic) bond motifs is 1. The highest BCUT2D eigenvalue weighted by molar-refractivity contribution is 5.87. The molecule has 0 amide bonds. The quantitative estimate of drug-likeness (QED) is 0.324. The molecule has 8 heteroatoms. The molecule has 0 N–H and O–H groups in total. The largest absolute Gasteiger partial charge is 1.00 e. The van der Waals surface area contributed by atoms with Crippen molar-refractivity contribution in [2.24, 2.45) is 0 Å². The highest BCUT2D eigenvalue weighted by Gasteiger charge is 2.22. The van der Waals surface area contributed by atoms with Crippen molar-refractivity contribution in [3.8, 4) is 23.0 Å². The number of hydrogen-bond acceptors (Lipinski definition) is 6. The molecule has 0 fully saturated rings. The molecule has 0 atom stereocenters. The zero-order valence-electron chi connectivity index (χ0n) is 18.2. The van der Waals surface area contributed by atoms with Crippen LogP contribution in [0.15, 0.2) is 42.6 Å². The van der Waals surface area contributed by atoms with Gasteiger partial charge in [0.25, 0.3) is 0 Å². The van der Waals surface area contributed by atoms with Crippen LogP contribution in [0.25, 0.3) is 10.8 Å². The number of esters is 1. The van der Waals surface area contributed by atoms with Crippen LogP contribution in [0.1, 0.15) is 11.3 Å². The molecule has 3 aromatic rings. The van der Waals surface area contributed by atoms with E-state index in [-0.39, 0.29) is 29.5 Å². The molecule has 0 radical (unpaired) electrons. The smallest absolute Gasteiger partial charge is 0.372 e. The Kier molecular flexibility index (Phi) is 8.50. The van der Waals surface area contributed by atoms with Gasteiger partial charge >= 0.3 is 5.97 Å². The lowest BCUT2D eigenvalue weighted by atomic mass is 10.0. The predicted octanol–water partition coefficient (Wildman–Crippen LogP) is -0.0705. The van der Waals surface area contributed by atoms with Crippen molar-refractivity contribution in [3.63, 3.8) is 0 Å². The molecule has 0 aliphatic carbocycles. The van der Waals surface area contributed by atoms with E-state index in [2.05, 4.69) is 0 Å². The molecular formula is C23H26BrNO6. The van der Waals surface area contributed by atoms with Gasteiger partial charge in [-0.15, -0.1) is 0 Å². The summed E-state index contributed by atoms with van der Waals surface area (Å²) in [5.74, 6) is 2.25. The van der Waals surface area contributed by atoms with E-state index < -0.39 is 0 Å². The standard InChI is InChI=1S/C23H26NO6.BrH/c1-26-19-7-6-15(11-20(19)27-2)10-18-17-13-22(29-4)21(28-3)12-16(17)8-9-24(18)14-23(25)30-5;/h6-9,11-13H,10,14H2,1-5H3;1H/q+1;/p-1. The number of carbonyl (C=O) groups excluding carboxylic acids is 1. The van der Waals surface area contributed by atoms with Gasteiger partial charge < -0.3 is 40.7 Å². The fourth-order valence-electron chi connectivity index (χ4n) is 3.43. The molecule has 0 bridgehead atoms. The number of rotatable bonds is 8. The Morgan fingerprint density at radius 1 is 0.806 bits per heavy atom. The average molecular weight is 492 g/mol. The lowest BCUT2D eigenvalue weighted by molar-refractivity contribution is -0.691. The van der Waals surface area contributed by atoms with Crippen molar-refractivity contribution in [3.05, 3.63) is 53.9 Å². The molecule has 0 unspecified atom stereocenters. The van der Waals surface area contributed by atoms with Crippen LogP contribution in [-0.2, 0) is 22.5 Å². The maximum atomic E-state index is 12.0. The topological polar surface area (TPSA) is 67.1 Å². The fraction of sp³-hybridized carbons (Fsp3) is 0.304. The van der Waals surface area contributed by atoms with E-state index in [9.17, 15) is 4.79 Å². The first kappa shape index (κ1) is 24.3. The van der Waals surface area contributed by atoms with Crippen molar-refractivity contribution in [2.45, 2.75) is 13.0 Å². The summed E-state index contributed by atoms with van der Waals surface area (Å²) in [5.41, 5.74) is 1.94. The van der Waals surface area contributed by atoms with E-state index in [4.69, 9.17) is 23.7 Å². The summed E-state index contributed by atoms with van der Waals surface area (Å²) in [6, 6.07) is 11.6. The van der Waals surface area contributed by atoms with E-state index in [1.54, 1.807) is 28.4 Å². The molecule has 0 spiro atoms. The maximum absolute atomic E-state index is 12.0. The molecule has 166 valence electrons. The number of aromatic nitrogens is 1. The van der Waals surface area contributed by atoms with Crippen LogP contribution < -0.4 is 40.5 Å². The van der Waals surface area contributed by atoms with Crippen molar-refractivity contribution < 1.29 is 50.0 Å². The molecule has 1 aromatic heterocycles. The number of benzene rings is 2. The van der Waals surface area contributed by atoms with Crippen LogP contribution in [-0.4, -0.2) is 41.5 Å². The Labute approximate surface area is 192 Å². The van der Waals surface area contributed by atoms with Gasteiger partial charge in [0.05, 0.1) is 47.4 Å². The van der Waals surface area contributed by atoms with E-state index in [0.717, 1.165) is 22.0 Å². The molecule has 0 saturated carbocycles. The van der Waals surface area contributed by atoms with Crippen molar-refractivity contribution in [2.75, 3.05) is 35.5 Å². The van der Waals surface area contributed by atoms with Gasteiger partial charge in [-0.1, -0.05) is 6.07 Å². The van der Waals surface area contributed by atoms with E-state index in [0.29, 0.717) is 29.4 Å². The monoisotopic (exact) mass is 491 g/mol. The normalized spacial score (nSPS) is 10.2. The van der Waals surface area contributed by atoms with Crippen LogP contribution in [0.4, 0.5) is 0 Å². The predicted molar refractivity (Wildman–Crippen MR) is 112 cm³/mol. The fourth-order valence-corrected chi connectivity index (χ4v) is 3.43. The Morgan fingerprint density at radius 3 is 2.03 bits per heavy atom. The van der Waals surface area contributed by atoms with Gasteiger partial charge in [-0.3, -0.25) is 0 Å². The Bertz CT molecular complexity index is 1070. The van der Waals surface area contributed by atoms with Crippen molar-refractivity contribution >= 4 is 16.7 Å². The van der Waals surface area contributed by atoms with Crippen molar-refractivity contribution in [1.29, 1.82) is 0 Å². The second-order valence-corrected chi connectivity index (χ2v) is 6.63. The Balaban J connectivity index is 0.00000341. The zero-order valence-corrected chi connectivity index (χ0v) is 19.8. The minimum atomic E-state index is -0.326. The number of carbonyl (C=O) groups is 1. The SMILES string of the molecule is COC(=O)C[n+]1ccc2cc(OC)c(OC)cc2c1Cc1ccc(OC)c(OC)c1.[Br-]. The summed E-state index contributed by atoms with van der Waals surface area (Å²) in [5, 5.41) is 1.93. The third-order valence-corrected chi connectivity index (χ3v) is 4.99. The van der Waals surface area contributed by atoms with E-state index in [1.165, 1.54) is 7.11 Å². The lowest BCUT2D eigenvalue weighted by Crippen LogP contribution is -3.00. The Morgan fingerprint density at radius 2 is 1.42 bits per heavy atom. The van der Waals surface area contributed by atoms with Crippen LogP contribution in [0.5, 0.6) is 23.0 Å².